The summed E-state index contributed by atoms with van der Waals surface area (Å²) in [5.41, 5.74) is 6.65. The van der Waals surface area contributed by atoms with E-state index >= 15 is 0 Å². The highest BCUT2D eigenvalue weighted by Crippen LogP contribution is 2.59. The zero-order valence-corrected chi connectivity index (χ0v) is 11.3. The van der Waals surface area contributed by atoms with E-state index in [-0.39, 0.29) is 23.8 Å². The minimum Gasteiger partial charge on any atom is -0.396 e. The van der Waals surface area contributed by atoms with Gasteiger partial charge in [-0.05, 0) is 42.9 Å². The van der Waals surface area contributed by atoms with E-state index in [1.807, 2.05) is 0 Å². The van der Waals surface area contributed by atoms with Gasteiger partial charge >= 0.3 is 0 Å². The first kappa shape index (κ1) is 13.4. The second-order valence-corrected chi connectivity index (χ2v) is 5.95. The van der Waals surface area contributed by atoms with Crippen LogP contribution in [-0.4, -0.2) is 30.3 Å². The van der Waals surface area contributed by atoms with Gasteiger partial charge in [0.05, 0.1) is 13.2 Å². The third kappa shape index (κ3) is 2.77. The van der Waals surface area contributed by atoms with Crippen molar-refractivity contribution in [3.8, 4) is 0 Å². The minimum absolute atomic E-state index is 0.0786. The summed E-state index contributed by atoms with van der Waals surface area (Å²) in [5.74, 6) is 0.468. The molecule has 0 amide bonds. The molecule has 2 fully saturated rings. The monoisotopic (exact) mass is 277 g/mol. The Morgan fingerprint density at radius 3 is 2.70 bits per heavy atom. The maximum Gasteiger partial charge on any atom is 0.188 e. The topological polar surface area (TPSA) is 70.6 Å². The maximum atomic E-state index is 12.9. The molecule has 2 aliphatic rings. The molecule has 3 rings (SSSR count). The van der Waals surface area contributed by atoms with Gasteiger partial charge in [-0.2, -0.15) is 0 Å². The molecule has 20 heavy (non-hydrogen) atoms. The Morgan fingerprint density at radius 1 is 1.40 bits per heavy atom. The highest BCUT2D eigenvalue weighted by molar-refractivity contribution is 5.78. The largest absolute Gasteiger partial charge is 0.396 e. The van der Waals surface area contributed by atoms with E-state index in [1.165, 1.54) is 12.1 Å². The van der Waals surface area contributed by atoms with Crippen LogP contribution in [0.4, 0.5) is 4.39 Å². The van der Waals surface area contributed by atoms with Crippen LogP contribution in [0.5, 0.6) is 0 Å². The van der Waals surface area contributed by atoms with E-state index in [4.69, 9.17) is 5.73 Å². The minimum atomic E-state index is -0.236. The van der Waals surface area contributed by atoms with Gasteiger partial charge in [-0.15, -0.1) is 0 Å². The van der Waals surface area contributed by atoms with Crippen molar-refractivity contribution < 1.29 is 9.50 Å². The molecular weight excluding hydrogens is 257 g/mol. The first-order valence-electron chi connectivity index (χ1n) is 7.06. The van der Waals surface area contributed by atoms with Crippen LogP contribution in [0.15, 0.2) is 29.3 Å². The summed E-state index contributed by atoms with van der Waals surface area (Å²) < 4.78 is 12.9. The predicted molar refractivity (Wildman–Crippen MR) is 75.9 cm³/mol. The van der Waals surface area contributed by atoms with Crippen molar-refractivity contribution in [2.75, 3.05) is 13.2 Å². The lowest BCUT2D eigenvalue weighted by atomic mass is 10.00. The third-order valence-corrected chi connectivity index (χ3v) is 4.27. The van der Waals surface area contributed by atoms with Crippen LogP contribution in [0.1, 0.15) is 30.7 Å². The van der Waals surface area contributed by atoms with Gasteiger partial charge in [0.1, 0.15) is 5.82 Å². The Bertz CT molecular complexity index is 512. The summed E-state index contributed by atoms with van der Waals surface area (Å²) in [6, 6.07) is 6.97. The molecule has 1 aromatic carbocycles. The van der Waals surface area contributed by atoms with Crippen molar-refractivity contribution in [1.82, 2.24) is 5.32 Å². The fraction of sp³-hybridized carbons (Fsp3) is 0.533. The van der Waals surface area contributed by atoms with Crippen LogP contribution >= 0.6 is 0 Å². The van der Waals surface area contributed by atoms with Gasteiger partial charge in [0.25, 0.3) is 0 Å². The number of hydrogen-bond donors (Lipinski definition) is 3. The Balaban J connectivity index is 1.63. The molecule has 0 spiro atoms. The number of nitrogens with one attached hydrogen (secondary N) is 1. The number of halogens is 1. The average molecular weight is 277 g/mol. The quantitative estimate of drug-likeness (QED) is 0.562. The summed E-state index contributed by atoms with van der Waals surface area (Å²) in [6.07, 6.45) is 3.18. The lowest BCUT2D eigenvalue weighted by Gasteiger charge is -2.13. The maximum absolute atomic E-state index is 12.9. The molecule has 0 bridgehead atoms. The average Bonchev–Trinajstić information content (AvgIpc) is 3.33. The highest BCUT2D eigenvalue weighted by atomic mass is 19.1. The molecule has 1 aromatic rings. The Labute approximate surface area is 117 Å². The van der Waals surface area contributed by atoms with Crippen molar-refractivity contribution in [1.29, 1.82) is 0 Å². The molecule has 0 radical (unpaired) electrons. The van der Waals surface area contributed by atoms with Crippen molar-refractivity contribution >= 4 is 5.96 Å². The van der Waals surface area contributed by atoms with E-state index in [1.54, 1.807) is 12.1 Å². The first-order chi connectivity index (χ1) is 9.63. The molecule has 0 aliphatic heterocycles. The molecule has 2 unspecified atom stereocenters. The second-order valence-electron chi connectivity index (χ2n) is 5.95. The smallest absolute Gasteiger partial charge is 0.188 e. The van der Waals surface area contributed by atoms with Crippen LogP contribution in [0.25, 0.3) is 0 Å². The lowest BCUT2D eigenvalue weighted by Crippen LogP contribution is -2.34. The molecule has 108 valence electrons. The summed E-state index contributed by atoms with van der Waals surface area (Å²) in [4.78, 5) is 4.35. The summed E-state index contributed by atoms with van der Waals surface area (Å²) in [6.45, 7) is 0.590. The third-order valence-electron chi connectivity index (χ3n) is 4.27. The number of aliphatic hydroxyl groups excluding tert-OH is 1. The number of nitrogens with zero attached hydrogens (tertiary/aromatic N) is 1. The number of nitrogens with two attached hydrogens (primary N) is 1. The molecule has 4 nitrogen and oxygen atoms in total. The Morgan fingerprint density at radius 2 is 2.10 bits per heavy atom. The van der Waals surface area contributed by atoms with E-state index in [9.17, 15) is 9.50 Å². The fourth-order valence-electron chi connectivity index (χ4n) is 2.64. The zero-order valence-electron chi connectivity index (χ0n) is 11.3. The molecule has 0 heterocycles. The van der Waals surface area contributed by atoms with Crippen LogP contribution in [0, 0.1) is 11.2 Å². The highest BCUT2D eigenvalue weighted by Gasteiger charge is 2.54. The molecule has 2 saturated carbocycles. The number of guanidine groups is 1. The summed E-state index contributed by atoms with van der Waals surface area (Å²) in [7, 11) is 0. The SMILES string of the molecule is NC(=NCC1(CO)CC1c1ccc(F)cc1)NC1CC1. The molecule has 0 saturated heterocycles. The fourth-order valence-corrected chi connectivity index (χ4v) is 2.64. The van der Waals surface area contributed by atoms with E-state index in [0.29, 0.717) is 18.5 Å². The standard InChI is InChI=1S/C15H20FN3O/c16-11-3-1-10(2-4-11)13-7-15(13,9-20)8-18-14(17)19-12-5-6-12/h1-4,12-13,20H,5-9H2,(H3,17,18,19). The first-order valence-corrected chi connectivity index (χ1v) is 7.06. The van der Waals surface area contributed by atoms with Crippen LogP contribution in [0.3, 0.4) is 0 Å². The number of aliphatic imine (C=N–C) groups is 1. The predicted octanol–water partition coefficient (Wildman–Crippen LogP) is 1.36. The van der Waals surface area contributed by atoms with Gasteiger partial charge in [-0.3, -0.25) is 4.99 Å². The lowest BCUT2D eigenvalue weighted by molar-refractivity contribution is 0.212. The number of rotatable bonds is 5. The molecular formula is C15H20FN3O. The van der Waals surface area contributed by atoms with Crippen LogP contribution in [0.2, 0.25) is 0 Å². The number of hydrogen-bond acceptors (Lipinski definition) is 2. The van der Waals surface area contributed by atoms with Gasteiger partial charge < -0.3 is 16.2 Å². The molecule has 5 heteroatoms. The number of aliphatic hydroxyl groups is 1. The Hall–Kier alpha value is -1.62. The van der Waals surface area contributed by atoms with E-state index in [2.05, 4.69) is 10.3 Å². The number of benzene rings is 1. The van der Waals surface area contributed by atoms with Crippen molar-refractivity contribution in [2.45, 2.75) is 31.2 Å². The summed E-state index contributed by atoms with van der Waals surface area (Å²) in [5, 5.41) is 12.8. The zero-order chi connectivity index (χ0) is 14.2. The normalized spacial score (nSPS) is 29.3. The van der Waals surface area contributed by atoms with Gasteiger partial charge in [0.15, 0.2) is 5.96 Å². The van der Waals surface area contributed by atoms with Crippen LogP contribution < -0.4 is 11.1 Å². The molecule has 2 atom stereocenters. The van der Waals surface area contributed by atoms with Gasteiger partial charge in [-0.25, -0.2) is 4.39 Å². The van der Waals surface area contributed by atoms with Gasteiger partial charge in [0.2, 0.25) is 0 Å². The van der Waals surface area contributed by atoms with Crippen molar-refractivity contribution in [3.63, 3.8) is 0 Å². The van der Waals surface area contributed by atoms with Gasteiger partial charge in [-0.1, -0.05) is 12.1 Å². The second kappa shape index (κ2) is 5.05. The Kier molecular flexibility index (Phi) is 3.38. The summed E-state index contributed by atoms with van der Waals surface area (Å²) >= 11 is 0. The van der Waals surface area contributed by atoms with Crippen LogP contribution in [-0.2, 0) is 0 Å². The molecule has 0 aromatic heterocycles. The van der Waals surface area contributed by atoms with E-state index < -0.39 is 0 Å². The van der Waals surface area contributed by atoms with Gasteiger partial charge in [0, 0.05) is 11.5 Å². The van der Waals surface area contributed by atoms with E-state index in [0.717, 1.165) is 24.8 Å². The van der Waals surface area contributed by atoms with Crippen molar-refractivity contribution in [3.05, 3.63) is 35.6 Å². The molecule has 4 N–H and O–H groups in total. The van der Waals surface area contributed by atoms with Crippen molar-refractivity contribution in [2.24, 2.45) is 16.1 Å². The molecule has 2 aliphatic carbocycles.